The monoisotopic (exact) mass is 425 g/mol. The molecule has 0 atom stereocenters. The van der Waals surface area contributed by atoms with Crippen LogP contribution in [0.25, 0.3) is 10.2 Å². The van der Waals surface area contributed by atoms with Gasteiger partial charge in [0.2, 0.25) is 5.91 Å². The van der Waals surface area contributed by atoms with E-state index in [4.69, 9.17) is 0 Å². The highest BCUT2D eigenvalue weighted by Crippen LogP contribution is 2.27. The molecule has 150 valence electrons. The van der Waals surface area contributed by atoms with Crippen LogP contribution in [0.2, 0.25) is 0 Å². The molecule has 4 rings (SSSR count). The van der Waals surface area contributed by atoms with Gasteiger partial charge in [0.1, 0.15) is 4.83 Å². The second kappa shape index (κ2) is 8.55. The number of anilines is 1. The topological polar surface area (TPSA) is 64.0 Å². The number of aromatic nitrogens is 2. The minimum atomic E-state index is -0.104. The van der Waals surface area contributed by atoms with Crippen molar-refractivity contribution in [3.8, 4) is 0 Å². The molecule has 0 fully saturated rings. The van der Waals surface area contributed by atoms with Crippen molar-refractivity contribution in [1.82, 2.24) is 9.55 Å². The Morgan fingerprint density at radius 1 is 1.34 bits per heavy atom. The standard InChI is InChI=1S/C22H23N3O2S2/c1-3-10-25-21(27)18-12-17(4-2)29-20(18)24-22(25)28-13-19(26)23-16-9-8-14-6-5-7-15(14)11-16/h3,8-9,11-12H,1,4-7,10,13H2,2H3,(H,23,26). The lowest BCUT2D eigenvalue weighted by Crippen LogP contribution is -2.23. The molecule has 0 bridgehead atoms. The van der Waals surface area contributed by atoms with Gasteiger partial charge in [-0.05, 0) is 55.0 Å². The molecular formula is C22H23N3O2S2. The molecule has 0 unspecified atom stereocenters. The van der Waals surface area contributed by atoms with E-state index in [0.29, 0.717) is 17.1 Å². The van der Waals surface area contributed by atoms with Gasteiger partial charge in [-0.2, -0.15) is 0 Å². The minimum absolute atomic E-state index is 0.0765. The zero-order valence-corrected chi connectivity index (χ0v) is 18.0. The molecule has 29 heavy (non-hydrogen) atoms. The van der Waals surface area contributed by atoms with Gasteiger partial charge in [0, 0.05) is 17.1 Å². The lowest BCUT2D eigenvalue weighted by Gasteiger charge is -2.10. The molecule has 0 saturated heterocycles. The summed E-state index contributed by atoms with van der Waals surface area (Å²) < 4.78 is 1.59. The molecule has 0 saturated carbocycles. The summed E-state index contributed by atoms with van der Waals surface area (Å²) in [6.07, 6.45) is 5.92. The average molecular weight is 426 g/mol. The van der Waals surface area contributed by atoms with Crippen LogP contribution in [0, 0.1) is 0 Å². The molecule has 1 amide bonds. The van der Waals surface area contributed by atoms with Gasteiger partial charge in [0.05, 0.1) is 11.1 Å². The van der Waals surface area contributed by atoms with Crippen molar-refractivity contribution in [2.24, 2.45) is 0 Å². The Labute approximate surface area is 177 Å². The minimum Gasteiger partial charge on any atom is -0.325 e. The van der Waals surface area contributed by atoms with Crippen LogP contribution in [0.5, 0.6) is 0 Å². The number of hydrogen-bond acceptors (Lipinski definition) is 5. The number of fused-ring (bicyclic) bond motifs is 2. The number of nitrogens with zero attached hydrogens (tertiary/aromatic N) is 2. The van der Waals surface area contributed by atoms with Gasteiger partial charge in [-0.3, -0.25) is 14.2 Å². The molecule has 0 aliphatic heterocycles. The fourth-order valence-corrected chi connectivity index (χ4v) is 5.42. The Morgan fingerprint density at radius 3 is 2.97 bits per heavy atom. The summed E-state index contributed by atoms with van der Waals surface area (Å²) in [4.78, 5) is 31.9. The van der Waals surface area contributed by atoms with Crippen LogP contribution in [0.15, 0.2) is 46.9 Å². The molecule has 5 nitrogen and oxygen atoms in total. The molecule has 1 N–H and O–H groups in total. The van der Waals surface area contributed by atoms with Crippen molar-refractivity contribution >= 4 is 44.9 Å². The molecule has 2 aromatic heterocycles. The Hall–Kier alpha value is -2.38. The second-order valence-corrected chi connectivity index (χ2v) is 9.12. The van der Waals surface area contributed by atoms with E-state index in [1.54, 1.807) is 10.6 Å². The van der Waals surface area contributed by atoms with E-state index in [0.717, 1.165) is 34.7 Å². The zero-order valence-electron chi connectivity index (χ0n) is 16.4. The number of aryl methyl sites for hydroxylation is 3. The quantitative estimate of drug-likeness (QED) is 0.346. The summed E-state index contributed by atoms with van der Waals surface area (Å²) in [7, 11) is 0. The van der Waals surface area contributed by atoms with Crippen molar-refractivity contribution < 1.29 is 4.79 Å². The number of carbonyl (C=O) groups is 1. The first-order valence-corrected chi connectivity index (χ1v) is 11.6. The maximum Gasteiger partial charge on any atom is 0.263 e. The highest BCUT2D eigenvalue weighted by atomic mass is 32.2. The number of amides is 1. The molecule has 1 aliphatic rings. The largest absolute Gasteiger partial charge is 0.325 e. The third-order valence-electron chi connectivity index (χ3n) is 5.04. The number of thiophene rings is 1. The Bertz CT molecular complexity index is 1150. The summed E-state index contributed by atoms with van der Waals surface area (Å²) >= 11 is 2.82. The third kappa shape index (κ3) is 4.16. The number of benzene rings is 1. The van der Waals surface area contributed by atoms with Gasteiger partial charge >= 0.3 is 0 Å². The van der Waals surface area contributed by atoms with E-state index in [1.165, 1.54) is 40.6 Å². The molecular weight excluding hydrogens is 402 g/mol. The Morgan fingerprint density at radius 2 is 2.17 bits per heavy atom. The molecule has 0 radical (unpaired) electrons. The Kier molecular flexibility index (Phi) is 5.87. The van der Waals surface area contributed by atoms with E-state index in [2.05, 4.69) is 35.9 Å². The van der Waals surface area contributed by atoms with Crippen molar-refractivity contribution in [2.75, 3.05) is 11.1 Å². The summed E-state index contributed by atoms with van der Waals surface area (Å²) in [5.41, 5.74) is 3.46. The smallest absolute Gasteiger partial charge is 0.263 e. The number of thioether (sulfide) groups is 1. The molecule has 2 heterocycles. The van der Waals surface area contributed by atoms with E-state index in [9.17, 15) is 9.59 Å². The van der Waals surface area contributed by atoms with Crippen molar-refractivity contribution in [2.45, 2.75) is 44.3 Å². The van der Waals surface area contributed by atoms with Gasteiger partial charge in [-0.1, -0.05) is 30.8 Å². The molecule has 1 aromatic carbocycles. The number of nitrogens with one attached hydrogen (secondary N) is 1. The first-order chi connectivity index (χ1) is 14.1. The van der Waals surface area contributed by atoms with Crippen LogP contribution in [-0.4, -0.2) is 21.2 Å². The summed E-state index contributed by atoms with van der Waals surface area (Å²) in [6.45, 7) is 6.18. The number of rotatable bonds is 7. The van der Waals surface area contributed by atoms with E-state index < -0.39 is 0 Å². The number of allylic oxidation sites excluding steroid dienone is 1. The van der Waals surface area contributed by atoms with Crippen molar-refractivity contribution in [3.63, 3.8) is 0 Å². The fourth-order valence-electron chi connectivity index (χ4n) is 3.60. The predicted molar refractivity (Wildman–Crippen MR) is 121 cm³/mol. The van der Waals surface area contributed by atoms with Crippen LogP contribution in [-0.2, 0) is 30.6 Å². The van der Waals surface area contributed by atoms with Gasteiger partial charge < -0.3 is 5.32 Å². The van der Waals surface area contributed by atoms with Crippen LogP contribution in [0.1, 0.15) is 29.3 Å². The van der Waals surface area contributed by atoms with E-state index >= 15 is 0 Å². The average Bonchev–Trinajstić information content (AvgIpc) is 3.35. The van der Waals surface area contributed by atoms with Gasteiger partial charge in [0.15, 0.2) is 5.16 Å². The SMILES string of the molecule is C=CCn1c(SCC(=O)Nc2ccc3c(c2)CCC3)nc2sc(CC)cc2c1=O. The normalized spacial score (nSPS) is 12.9. The highest BCUT2D eigenvalue weighted by molar-refractivity contribution is 7.99. The fraction of sp³-hybridized carbons (Fsp3) is 0.318. The number of hydrogen-bond donors (Lipinski definition) is 1. The number of carbonyl (C=O) groups excluding carboxylic acids is 1. The van der Waals surface area contributed by atoms with Crippen LogP contribution >= 0.6 is 23.1 Å². The maximum absolute atomic E-state index is 12.9. The van der Waals surface area contributed by atoms with E-state index in [1.807, 2.05) is 12.1 Å². The van der Waals surface area contributed by atoms with Crippen LogP contribution in [0.4, 0.5) is 5.69 Å². The highest BCUT2D eigenvalue weighted by Gasteiger charge is 2.16. The predicted octanol–water partition coefficient (Wildman–Crippen LogP) is 4.43. The van der Waals surface area contributed by atoms with Gasteiger partial charge in [-0.15, -0.1) is 17.9 Å². The Balaban J connectivity index is 1.52. The second-order valence-electron chi connectivity index (χ2n) is 7.06. The van der Waals surface area contributed by atoms with Crippen LogP contribution < -0.4 is 10.9 Å². The lowest BCUT2D eigenvalue weighted by molar-refractivity contribution is -0.113. The maximum atomic E-state index is 12.9. The van der Waals surface area contributed by atoms with Crippen LogP contribution in [0.3, 0.4) is 0 Å². The molecule has 3 aromatic rings. The van der Waals surface area contributed by atoms with Crippen molar-refractivity contribution in [3.05, 3.63) is 63.3 Å². The summed E-state index contributed by atoms with van der Waals surface area (Å²) in [6, 6.07) is 8.05. The van der Waals surface area contributed by atoms with Gasteiger partial charge in [-0.25, -0.2) is 4.98 Å². The molecule has 1 aliphatic carbocycles. The zero-order chi connectivity index (χ0) is 20.4. The first kappa shape index (κ1) is 19.9. The summed E-state index contributed by atoms with van der Waals surface area (Å²) in [5.74, 6) is 0.0888. The first-order valence-electron chi connectivity index (χ1n) is 9.77. The lowest BCUT2D eigenvalue weighted by atomic mass is 10.1. The van der Waals surface area contributed by atoms with Gasteiger partial charge in [0.25, 0.3) is 5.56 Å². The van der Waals surface area contributed by atoms with E-state index in [-0.39, 0.29) is 17.2 Å². The molecule has 7 heteroatoms. The summed E-state index contributed by atoms with van der Waals surface area (Å²) in [5, 5.41) is 4.16. The third-order valence-corrected chi connectivity index (χ3v) is 7.19. The van der Waals surface area contributed by atoms with Crippen molar-refractivity contribution in [1.29, 1.82) is 0 Å². The molecule has 0 spiro atoms.